The Labute approximate surface area is 159 Å². The Bertz CT molecular complexity index is 951. The second-order valence-electron chi connectivity index (χ2n) is 5.88. The standard InChI is InChI=1S/C20H18ClNO3S/c1-14-4-2-7-18(10-14)26(24)13-17-8-9-19(25-17)20(23)22-12-15-5-3-6-16(21)11-15/h2-11H,12-13H2,1H3,(H,22,23)/t26-/m1/s1. The molecule has 0 spiro atoms. The quantitative estimate of drug-likeness (QED) is 0.678. The molecule has 0 saturated heterocycles. The lowest BCUT2D eigenvalue weighted by molar-refractivity contribution is 0.0921. The van der Waals surface area contributed by atoms with Crippen LogP contribution in [0, 0.1) is 6.92 Å². The lowest BCUT2D eigenvalue weighted by Gasteiger charge is -2.04. The first-order valence-corrected chi connectivity index (χ1v) is 9.77. The van der Waals surface area contributed by atoms with Crippen LogP contribution in [-0.2, 0) is 23.1 Å². The molecular formula is C20H18ClNO3S. The Morgan fingerprint density at radius 2 is 1.92 bits per heavy atom. The van der Waals surface area contributed by atoms with E-state index in [1.165, 1.54) is 0 Å². The van der Waals surface area contributed by atoms with E-state index in [2.05, 4.69) is 5.32 Å². The van der Waals surface area contributed by atoms with E-state index >= 15 is 0 Å². The summed E-state index contributed by atoms with van der Waals surface area (Å²) in [6.45, 7) is 2.31. The van der Waals surface area contributed by atoms with E-state index in [0.717, 1.165) is 16.0 Å². The number of rotatable bonds is 6. The molecule has 1 atom stereocenters. The highest BCUT2D eigenvalue weighted by Crippen LogP contribution is 2.16. The zero-order chi connectivity index (χ0) is 18.5. The summed E-state index contributed by atoms with van der Waals surface area (Å²) in [5.41, 5.74) is 1.95. The minimum Gasteiger partial charge on any atom is -0.455 e. The number of benzene rings is 2. The van der Waals surface area contributed by atoms with Crippen molar-refractivity contribution in [1.82, 2.24) is 5.32 Å². The van der Waals surface area contributed by atoms with Gasteiger partial charge in [-0.3, -0.25) is 9.00 Å². The minimum absolute atomic E-state index is 0.197. The van der Waals surface area contributed by atoms with Gasteiger partial charge in [0.15, 0.2) is 5.76 Å². The molecular weight excluding hydrogens is 370 g/mol. The Morgan fingerprint density at radius 3 is 2.69 bits per heavy atom. The Morgan fingerprint density at radius 1 is 1.12 bits per heavy atom. The van der Waals surface area contributed by atoms with Gasteiger partial charge in [0.25, 0.3) is 5.91 Å². The smallest absolute Gasteiger partial charge is 0.287 e. The Hall–Kier alpha value is -2.37. The van der Waals surface area contributed by atoms with Crippen LogP contribution in [0.1, 0.15) is 27.4 Å². The average molecular weight is 388 g/mol. The van der Waals surface area contributed by atoms with Crippen LogP contribution in [0.25, 0.3) is 0 Å². The molecule has 0 radical (unpaired) electrons. The summed E-state index contributed by atoms with van der Waals surface area (Å²) >= 11 is 5.93. The van der Waals surface area contributed by atoms with E-state index in [1.807, 2.05) is 43.3 Å². The van der Waals surface area contributed by atoms with Gasteiger partial charge in [-0.15, -0.1) is 0 Å². The van der Waals surface area contributed by atoms with Gasteiger partial charge in [-0.05, 0) is 54.4 Å². The first-order valence-electron chi connectivity index (χ1n) is 8.07. The lowest BCUT2D eigenvalue weighted by atomic mass is 10.2. The molecule has 0 unspecified atom stereocenters. The van der Waals surface area contributed by atoms with Crippen molar-refractivity contribution in [2.24, 2.45) is 0 Å². The van der Waals surface area contributed by atoms with Gasteiger partial charge in [-0.1, -0.05) is 35.9 Å². The predicted octanol–water partition coefficient (Wildman–Crippen LogP) is 4.48. The molecule has 0 aliphatic rings. The van der Waals surface area contributed by atoms with E-state index in [9.17, 15) is 9.00 Å². The summed E-state index contributed by atoms with van der Waals surface area (Å²) in [5, 5.41) is 3.40. The Kier molecular flexibility index (Phi) is 5.91. The van der Waals surface area contributed by atoms with Gasteiger partial charge in [-0.25, -0.2) is 0 Å². The van der Waals surface area contributed by atoms with Crippen LogP contribution in [0.4, 0.5) is 0 Å². The first kappa shape index (κ1) is 18.4. The number of amides is 1. The summed E-state index contributed by atoms with van der Waals surface area (Å²) < 4.78 is 18.0. The van der Waals surface area contributed by atoms with E-state index in [0.29, 0.717) is 17.3 Å². The predicted molar refractivity (Wildman–Crippen MR) is 103 cm³/mol. The van der Waals surface area contributed by atoms with E-state index in [4.69, 9.17) is 16.0 Å². The van der Waals surface area contributed by atoms with Crippen LogP contribution < -0.4 is 5.32 Å². The molecule has 3 aromatic rings. The molecule has 1 N–H and O–H groups in total. The number of hydrogen-bond donors (Lipinski definition) is 1. The van der Waals surface area contributed by atoms with E-state index in [-0.39, 0.29) is 17.4 Å². The highest BCUT2D eigenvalue weighted by Gasteiger charge is 2.13. The van der Waals surface area contributed by atoms with Crippen LogP contribution >= 0.6 is 11.6 Å². The highest BCUT2D eigenvalue weighted by molar-refractivity contribution is 7.84. The third-order valence-electron chi connectivity index (χ3n) is 3.75. The highest BCUT2D eigenvalue weighted by atomic mass is 35.5. The maximum atomic E-state index is 12.4. The van der Waals surface area contributed by atoms with Crippen molar-refractivity contribution in [3.63, 3.8) is 0 Å². The lowest BCUT2D eigenvalue weighted by Crippen LogP contribution is -2.22. The number of furan rings is 1. The van der Waals surface area contributed by atoms with Crippen molar-refractivity contribution < 1.29 is 13.4 Å². The van der Waals surface area contributed by atoms with Gasteiger partial charge in [-0.2, -0.15) is 0 Å². The van der Waals surface area contributed by atoms with Gasteiger partial charge >= 0.3 is 0 Å². The molecule has 2 aromatic carbocycles. The fraction of sp³-hybridized carbons (Fsp3) is 0.150. The number of halogens is 1. The molecule has 134 valence electrons. The van der Waals surface area contributed by atoms with Crippen LogP contribution in [0.2, 0.25) is 5.02 Å². The second kappa shape index (κ2) is 8.34. The van der Waals surface area contributed by atoms with Crippen molar-refractivity contribution in [2.45, 2.75) is 24.1 Å². The first-order chi connectivity index (χ1) is 12.5. The van der Waals surface area contributed by atoms with E-state index in [1.54, 1.807) is 24.3 Å². The number of carbonyl (C=O) groups excluding carboxylic acids is 1. The largest absolute Gasteiger partial charge is 0.455 e. The third kappa shape index (κ3) is 4.84. The summed E-state index contributed by atoms with van der Waals surface area (Å²) in [6, 6.07) is 18.1. The van der Waals surface area contributed by atoms with Crippen molar-refractivity contribution in [3.05, 3.63) is 88.3 Å². The zero-order valence-corrected chi connectivity index (χ0v) is 15.8. The van der Waals surface area contributed by atoms with Crippen LogP contribution in [-0.4, -0.2) is 10.1 Å². The topological polar surface area (TPSA) is 59.3 Å². The van der Waals surface area contributed by atoms with Gasteiger partial charge < -0.3 is 9.73 Å². The molecule has 0 bridgehead atoms. The van der Waals surface area contributed by atoms with Crippen molar-refractivity contribution in [2.75, 3.05) is 0 Å². The maximum absolute atomic E-state index is 12.4. The molecule has 0 aliphatic carbocycles. The van der Waals surface area contributed by atoms with Gasteiger partial charge in [0.2, 0.25) is 0 Å². The monoisotopic (exact) mass is 387 g/mol. The van der Waals surface area contributed by atoms with Crippen molar-refractivity contribution in [1.29, 1.82) is 0 Å². The van der Waals surface area contributed by atoms with Crippen LogP contribution in [0.15, 0.2) is 70.0 Å². The van der Waals surface area contributed by atoms with Gasteiger partial charge in [0.05, 0.1) is 16.6 Å². The molecule has 1 heterocycles. The molecule has 0 saturated carbocycles. The van der Waals surface area contributed by atoms with Crippen molar-refractivity contribution in [3.8, 4) is 0 Å². The number of hydrogen-bond acceptors (Lipinski definition) is 3. The van der Waals surface area contributed by atoms with Gasteiger partial charge in [0.1, 0.15) is 5.76 Å². The van der Waals surface area contributed by atoms with Crippen LogP contribution in [0.5, 0.6) is 0 Å². The fourth-order valence-electron chi connectivity index (χ4n) is 2.46. The SMILES string of the molecule is Cc1cccc([S@](=O)Cc2ccc(C(=O)NCc3cccc(Cl)c3)o2)c1. The summed E-state index contributed by atoms with van der Waals surface area (Å²) in [5.74, 6) is 0.615. The Balaban J connectivity index is 1.60. The zero-order valence-electron chi connectivity index (χ0n) is 14.2. The number of nitrogens with one attached hydrogen (secondary N) is 1. The molecule has 1 amide bonds. The molecule has 0 fully saturated rings. The number of aryl methyl sites for hydroxylation is 1. The average Bonchev–Trinajstić information content (AvgIpc) is 3.08. The molecule has 1 aromatic heterocycles. The van der Waals surface area contributed by atoms with Crippen molar-refractivity contribution >= 4 is 28.3 Å². The summed E-state index contributed by atoms with van der Waals surface area (Å²) in [4.78, 5) is 12.9. The molecule has 6 heteroatoms. The van der Waals surface area contributed by atoms with Crippen LogP contribution in [0.3, 0.4) is 0 Å². The number of carbonyl (C=O) groups is 1. The summed E-state index contributed by atoms with van der Waals surface area (Å²) in [6.07, 6.45) is 0. The van der Waals surface area contributed by atoms with Gasteiger partial charge in [0, 0.05) is 16.5 Å². The fourth-order valence-corrected chi connectivity index (χ4v) is 3.80. The summed E-state index contributed by atoms with van der Waals surface area (Å²) in [7, 11) is -1.22. The maximum Gasteiger partial charge on any atom is 0.287 e. The third-order valence-corrected chi connectivity index (χ3v) is 5.31. The molecule has 0 aliphatic heterocycles. The second-order valence-corrected chi connectivity index (χ2v) is 7.77. The molecule has 26 heavy (non-hydrogen) atoms. The molecule has 4 nitrogen and oxygen atoms in total. The minimum atomic E-state index is -1.22. The molecule has 3 rings (SSSR count). The van der Waals surface area contributed by atoms with E-state index < -0.39 is 10.8 Å². The normalized spacial score (nSPS) is 11.9.